The van der Waals surface area contributed by atoms with Crippen molar-refractivity contribution >= 4 is 11.6 Å². The Hall–Kier alpha value is -2.33. The largest absolute Gasteiger partial charge is 0.378 e. The molecule has 1 amide bonds. The van der Waals surface area contributed by atoms with E-state index in [1.54, 1.807) is 0 Å². The van der Waals surface area contributed by atoms with E-state index in [1.807, 2.05) is 32.3 Å². The van der Waals surface area contributed by atoms with Gasteiger partial charge in [0.15, 0.2) is 0 Å². The summed E-state index contributed by atoms with van der Waals surface area (Å²) in [6.45, 7) is 3.68. The number of likely N-dealkylation sites (N-methyl/N-ethyl adjacent to an activating group) is 1. The van der Waals surface area contributed by atoms with Gasteiger partial charge in [0.2, 0.25) is 5.91 Å². The number of benzene rings is 2. The molecule has 26 heavy (non-hydrogen) atoms. The molecule has 1 fully saturated rings. The summed E-state index contributed by atoms with van der Waals surface area (Å²) in [7, 11) is 4.09. The van der Waals surface area contributed by atoms with Gasteiger partial charge in [0.05, 0.1) is 0 Å². The molecule has 1 saturated carbocycles. The van der Waals surface area contributed by atoms with Gasteiger partial charge in [0.25, 0.3) is 0 Å². The second kappa shape index (κ2) is 8.37. The van der Waals surface area contributed by atoms with E-state index < -0.39 is 0 Å². The summed E-state index contributed by atoms with van der Waals surface area (Å²) in [5.41, 5.74) is 3.46. The summed E-state index contributed by atoms with van der Waals surface area (Å²) in [5, 5.41) is 3.19. The second-order valence-corrected chi connectivity index (χ2v) is 7.22. The highest BCUT2D eigenvalue weighted by molar-refractivity contribution is 5.83. The molecule has 138 valence electrons. The molecule has 2 aromatic rings. The Bertz CT molecular complexity index is 708. The van der Waals surface area contributed by atoms with Crippen molar-refractivity contribution in [2.45, 2.75) is 38.4 Å². The minimum atomic E-state index is -0.254. The lowest BCUT2D eigenvalue weighted by Crippen LogP contribution is -2.41. The van der Waals surface area contributed by atoms with Gasteiger partial charge in [-0.1, -0.05) is 49.4 Å². The number of carbonyl (C=O) groups excluding carboxylic acids is 1. The molecule has 1 aliphatic carbocycles. The van der Waals surface area contributed by atoms with E-state index in [4.69, 9.17) is 0 Å². The standard InChI is InChI=1S/C22H29N3O/c1-4-25(16-17-10-14-20(15-11-17)24(2)3)21(18-8-6-5-7-9-18)22(26)23-19-12-13-19/h5-11,14-15,19,21H,4,12-13,16H2,1-3H3,(H,23,26)/t21-/m0/s1. The molecule has 0 aliphatic heterocycles. The van der Waals surface area contributed by atoms with Gasteiger partial charge in [-0.05, 0) is 42.6 Å². The van der Waals surface area contributed by atoms with E-state index in [-0.39, 0.29) is 11.9 Å². The molecule has 4 heteroatoms. The summed E-state index contributed by atoms with van der Waals surface area (Å²) >= 11 is 0. The maximum absolute atomic E-state index is 13.0. The number of carbonyl (C=O) groups is 1. The smallest absolute Gasteiger partial charge is 0.242 e. The van der Waals surface area contributed by atoms with Crippen LogP contribution < -0.4 is 10.2 Å². The predicted molar refractivity (Wildman–Crippen MR) is 107 cm³/mol. The summed E-state index contributed by atoms with van der Waals surface area (Å²) in [6, 6.07) is 18.8. The van der Waals surface area contributed by atoms with Crippen molar-refractivity contribution in [3.05, 3.63) is 65.7 Å². The van der Waals surface area contributed by atoms with E-state index in [2.05, 4.69) is 58.4 Å². The Morgan fingerprint density at radius 1 is 1.08 bits per heavy atom. The predicted octanol–water partition coefficient (Wildman–Crippen LogP) is 3.59. The van der Waals surface area contributed by atoms with E-state index >= 15 is 0 Å². The normalized spacial score (nSPS) is 14.9. The maximum atomic E-state index is 13.0. The molecular weight excluding hydrogens is 322 g/mol. The fourth-order valence-electron chi connectivity index (χ4n) is 3.19. The Morgan fingerprint density at radius 2 is 1.73 bits per heavy atom. The molecule has 0 heterocycles. The van der Waals surface area contributed by atoms with Crippen molar-refractivity contribution in [3.63, 3.8) is 0 Å². The molecule has 1 N–H and O–H groups in total. The van der Waals surface area contributed by atoms with E-state index in [1.165, 1.54) is 11.3 Å². The minimum Gasteiger partial charge on any atom is -0.378 e. The van der Waals surface area contributed by atoms with Crippen molar-refractivity contribution in [1.29, 1.82) is 0 Å². The number of nitrogens with one attached hydrogen (secondary N) is 1. The van der Waals surface area contributed by atoms with Gasteiger partial charge >= 0.3 is 0 Å². The van der Waals surface area contributed by atoms with Gasteiger partial charge in [-0.15, -0.1) is 0 Å². The highest BCUT2D eigenvalue weighted by Gasteiger charge is 2.31. The lowest BCUT2D eigenvalue weighted by Gasteiger charge is -2.30. The molecule has 0 radical (unpaired) electrons. The van der Waals surface area contributed by atoms with Gasteiger partial charge in [-0.3, -0.25) is 9.69 Å². The van der Waals surface area contributed by atoms with Crippen LogP contribution in [0.5, 0.6) is 0 Å². The number of amides is 1. The highest BCUT2D eigenvalue weighted by Crippen LogP contribution is 2.26. The van der Waals surface area contributed by atoms with Gasteiger partial charge in [-0.2, -0.15) is 0 Å². The SMILES string of the molecule is CCN(Cc1ccc(N(C)C)cc1)[C@H](C(=O)NC1CC1)c1ccccc1. The molecule has 0 saturated heterocycles. The van der Waals surface area contributed by atoms with Crippen molar-refractivity contribution in [2.24, 2.45) is 0 Å². The minimum absolute atomic E-state index is 0.116. The molecule has 2 aromatic carbocycles. The summed E-state index contributed by atoms with van der Waals surface area (Å²) in [5.74, 6) is 0.116. The Kier molecular flexibility index (Phi) is 5.94. The topological polar surface area (TPSA) is 35.6 Å². The molecule has 0 bridgehead atoms. The first-order chi connectivity index (χ1) is 12.6. The molecule has 4 nitrogen and oxygen atoms in total. The Morgan fingerprint density at radius 3 is 2.27 bits per heavy atom. The fourth-order valence-corrected chi connectivity index (χ4v) is 3.19. The van der Waals surface area contributed by atoms with Crippen LogP contribution in [0, 0.1) is 0 Å². The maximum Gasteiger partial charge on any atom is 0.242 e. The van der Waals surface area contributed by atoms with Gasteiger partial charge < -0.3 is 10.2 Å². The van der Waals surface area contributed by atoms with Crippen LogP contribution in [-0.4, -0.2) is 37.5 Å². The van der Waals surface area contributed by atoms with Crippen molar-refractivity contribution in [3.8, 4) is 0 Å². The zero-order chi connectivity index (χ0) is 18.5. The van der Waals surface area contributed by atoms with Crippen molar-refractivity contribution in [1.82, 2.24) is 10.2 Å². The second-order valence-electron chi connectivity index (χ2n) is 7.22. The van der Waals surface area contributed by atoms with Crippen LogP contribution >= 0.6 is 0 Å². The molecule has 3 rings (SSSR count). The third kappa shape index (κ3) is 4.64. The van der Waals surface area contributed by atoms with E-state index in [9.17, 15) is 4.79 Å². The van der Waals surface area contributed by atoms with E-state index in [0.29, 0.717) is 6.04 Å². The van der Waals surface area contributed by atoms with Crippen LogP contribution in [0.1, 0.15) is 36.9 Å². The van der Waals surface area contributed by atoms with Crippen LogP contribution in [0.25, 0.3) is 0 Å². The van der Waals surface area contributed by atoms with E-state index in [0.717, 1.165) is 31.5 Å². The summed E-state index contributed by atoms with van der Waals surface area (Å²) in [4.78, 5) is 17.3. The van der Waals surface area contributed by atoms with Crippen molar-refractivity contribution < 1.29 is 4.79 Å². The van der Waals surface area contributed by atoms with Crippen molar-refractivity contribution in [2.75, 3.05) is 25.5 Å². The summed E-state index contributed by atoms with van der Waals surface area (Å²) in [6.07, 6.45) is 2.21. The molecule has 1 atom stereocenters. The molecule has 0 aromatic heterocycles. The van der Waals surface area contributed by atoms with Gasteiger partial charge in [-0.25, -0.2) is 0 Å². The first-order valence-corrected chi connectivity index (χ1v) is 9.44. The number of hydrogen-bond acceptors (Lipinski definition) is 3. The lowest BCUT2D eigenvalue weighted by molar-refractivity contribution is -0.127. The van der Waals surface area contributed by atoms with Crippen LogP contribution in [0.4, 0.5) is 5.69 Å². The van der Waals surface area contributed by atoms with Crippen LogP contribution in [0.3, 0.4) is 0 Å². The van der Waals surface area contributed by atoms with Crippen LogP contribution in [0.2, 0.25) is 0 Å². The highest BCUT2D eigenvalue weighted by atomic mass is 16.2. The molecular formula is C22H29N3O. The third-order valence-electron chi connectivity index (χ3n) is 4.90. The van der Waals surface area contributed by atoms with Crippen LogP contribution in [-0.2, 0) is 11.3 Å². The van der Waals surface area contributed by atoms with Gasteiger partial charge in [0, 0.05) is 32.4 Å². The third-order valence-corrected chi connectivity index (χ3v) is 4.90. The molecule has 0 unspecified atom stereocenters. The average Bonchev–Trinajstić information content (AvgIpc) is 3.46. The molecule has 0 spiro atoms. The first-order valence-electron chi connectivity index (χ1n) is 9.44. The zero-order valence-electron chi connectivity index (χ0n) is 16.0. The quantitative estimate of drug-likeness (QED) is 0.789. The number of rotatable bonds is 8. The number of nitrogens with zero attached hydrogens (tertiary/aromatic N) is 2. The number of hydrogen-bond donors (Lipinski definition) is 1. The Balaban J connectivity index is 1.81. The average molecular weight is 351 g/mol. The monoisotopic (exact) mass is 351 g/mol. The zero-order valence-corrected chi connectivity index (χ0v) is 16.0. The molecule has 1 aliphatic rings. The van der Waals surface area contributed by atoms with Gasteiger partial charge in [0.1, 0.15) is 6.04 Å². The Labute approximate surface area is 156 Å². The lowest BCUT2D eigenvalue weighted by atomic mass is 10.0. The van der Waals surface area contributed by atoms with Crippen LogP contribution in [0.15, 0.2) is 54.6 Å². The first kappa shape index (κ1) is 18.5. The summed E-state index contributed by atoms with van der Waals surface area (Å²) < 4.78 is 0. The fraction of sp³-hybridized carbons (Fsp3) is 0.409. The number of anilines is 1.